The van der Waals surface area contributed by atoms with Crippen LogP contribution in [0.25, 0.3) is 0 Å². The fraction of sp³-hybridized carbons (Fsp3) is 0.520. The van der Waals surface area contributed by atoms with Crippen LogP contribution in [0.4, 0.5) is 4.79 Å². The molecule has 1 fully saturated rings. The van der Waals surface area contributed by atoms with Crippen molar-refractivity contribution in [2.24, 2.45) is 7.05 Å². The predicted octanol–water partition coefficient (Wildman–Crippen LogP) is 3.16. The lowest BCUT2D eigenvalue weighted by atomic mass is 10.0. The van der Waals surface area contributed by atoms with E-state index in [2.05, 4.69) is 4.98 Å². The summed E-state index contributed by atoms with van der Waals surface area (Å²) in [6.07, 6.45) is 1.38. The topological polar surface area (TPSA) is 84.7 Å². The van der Waals surface area contributed by atoms with E-state index in [-0.39, 0.29) is 17.6 Å². The molecular weight excluding hydrogens is 452 g/mol. The zero-order chi connectivity index (χ0) is 24.7. The smallest absolute Gasteiger partial charge is 0.409 e. The van der Waals surface area contributed by atoms with Gasteiger partial charge >= 0.3 is 6.09 Å². The molecule has 2 aromatic rings. The second-order valence-corrected chi connectivity index (χ2v) is 9.57. The van der Waals surface area contributed by atoms with Crippen LogP contribution in [0.5, 0.6) is 0 Å². The van der Waals surface area contributed by atoms with E-state index in [9.17, 15) is 14.4 Å². The number of ether oxygens (including phenoxy) is 1. The third-order valence-corrected chi connectivity index (χ3v) is 7.09. The van der Waals surface area contributed by atoms with E-state index in [0.29, 0.717) is 68.5 Å². The fourth-order valence-corrected chi connectivity index (χ4v) is 4.82. The van der Waals surface area contributed by atoms with E-state index in [1.165, 1.54) is 17.3 Å². The van der Waals surface area contributed by atoms with Crippen LogP contribution in [-0.4, -0.2) is 69.9 Å². The van der Waals surface area contributed by atoms with Crippen molar-refractivity contribution < 1.29 is 14.3 Å². The largest absolute Gasteiger partial charge is 0.450 e. The zero-order valence-corrected chi connectivity index (χ0v) is 21.3. The van der Waals surface area contributed by atoms with Crippen molar-refractivity contribution in [3.63, 3.8) is 0 Å². The van der Waals surface area contributed by atoms with Gasteiger partial charge in [0.1, 0.15) is 0 Å². The first-order valence-corrected chi connectivity index (χ1v) is 12.7. The summed E-state index contributed by atoms with van der Waals surface area (Å²) < 4.78 is 6.63. The zero-order valence-electron chi connectivity index (χ0n) is 20.5. The number of hydrogen-bond donors (Lipinski definition) is 0. The number of carbonyl (C=O) groups is 2. The van der Waals surface area contributed by atoms with E-state index in [1.54, 1.807) is 28.3 Å². The first kappa shape index (κ1) is 25.8. The molecule has 1 aliphatic rings. The number of piperazine rings is 1. The molecule has 0 unspecified atom stereocenters. The molecule has 0 spiro atoms. The SMILES string of the molecule is CCOC(=O)N1CCN(C(=O)CCCSc2nc(C)c(Cc3ccc(C)cc3)c(=O)n2C)CC1. The Labute approximate surface area is 205 Å². The predicted molar refractivity (Wildman–Crippen MR) is 133 cm³/mol. The number of aryl methyl sites for hydroxylation is 2. The van der Waals surface area contributed by atoms with Crippen LogP contribution in [0.15, 0.2) is 34.2 Å². The van der Waals surface area contributed by atoms with E-state index in [1.807, 2.05) is 38.1 Å². The molecule has 34 heavy (non-hydrogen) atoms. The molecule has 2 heterocycles. The summed E-state index contributed by atoms with van der Waals surface area (Å²) in [5.41, 5.74) is 3.73. The van der Waals surface area contributed by atoms with Crippen LogP contribution in [0.2, 0.25) is 0 Å². The number of hydrogen-bond acceptors (Lipinski definition) is 6. The van der Waals surface area contributed by atoms with Crippen LogP contribution in [0, 0.1) is 13.8 Å². The molecule has 1 aromatic carbocycles. The van der Waals surface area contributed by atoms with Gasteiger partial charge < -0.3 is 14.5 Å². The van der Waals surface area contributed by atoms with Crippen molar-refractivity contribution in [2.75, 3.05) is 38.5 Å². The molecule has 2 amide bonds. The van der Waals surface area contributed by atoms with Gasteiger partial charge in [0, 0.05) is 63.1 Å². The first-order valence-electron chi connectivity index (χ1n) is 11.7. The Hall–Kier alpha value is -2.81. The summed E-state index contributed by atoms with van der Waals surface area (Å²) >= 11 is 1.50. The standard InChI is InChI=1S/C25H34N4O4S/c1-5-33-25(32)29-14-12-28(13-15-29)22(30)7-6-16-34-24-26-19(3)21(23(31)27(24)4)17-20-10-8-18(2)9-11-20/h8-11H,5-7,12-17H2,1-4H3. The summed E-state index contributed by atoms with van der Waals surface area (Å²) in [4.78, 5) is 45.4. The number of amides is 2. The highest BCUT2D eigenvalue weighted by Crippen LogP contribution is 2.19. The molecule has 0 radical (unpaired) electrons. The lowest BCUT2D eigenvalue weighted by Gasteiger charge is -2.34. The van der Waals surface area contributed by atoms with Crippen molar-refractivity contribution >= 4 is 23.8 Å². The van der Waals surface area contributed by atoms with Crippen molar-refractivity contribution in [3.05, 3.63) is 57.0 Å². The van der Waals surface area contributed by atoms with Crippen molar-refractivity contribution in [3.8, 4) is 0 Å². The minimum atomic E-state index is -0.315. The average molecular weight is 487 g/mol. The molecule has 1 aromatic heterocycles. The highest BCUT2D eigenvalue weighted by Gasteiger charge is 2.24. The number of aromatic nitrogens is 2. The fourth-order valence-electron chi connectivity index (χ4n) is 3.87. The average Bonchev–Trinajstić information content (AvgIpc) is 2.83. The normalized spacial score (nSPS) is 13.8. The molecule has 0 aliphatic carbocycles. The van der Waals surface area contributed by atoms with E-state index in [0.717, 1.165) is 11.3 Å². The molecule has 0 saturated carbocycles. The highest BCUT2D eigenvalue weighted by atomic mass is 32.2. The first-order chi connectivity index (χ1) is 16.3. The maximum atomic E-state index is 13.0. The monoisotopic (exact) mass is 486 g/mol. The number of thioether (sulfide) groups is 1. The van der Waals surface area contributed by atoms with E-state index in [4.69, 9.17) is 4.74 Å². The number of rotatable bonds is 8. The van der Waals surface area contributed by atoms with E-state index >= 15 is 0 Å². The van der Waals surface area contributed by atoms with Gasteiger partial charge in [-0.1, -0.05) is 41.6 Å². The highest BCUT2D eigenvalue weighted by molar-refractivity contribution is 7.99. The van der Waals surface area contributed by atoms with Crippen LogP contribution in [0.1, 0.15) is 42.1 Å². The number of nitrogens with zero attached hydrogens (tertiary/aromatic N) is 4. The van der Waals surface area contributed by atoms with Gasteiger partial charge in [-0.05, 0) is 32.8 Å². The van der Waals surface area contributed by atoms with Gasteiger partial charge in [0.05, 0.1) is 6.61 Å². The van der Waals surface area contributed by atoms with Crippen molar-refractivity contribution in [2.45, 2.75) is 45.2 Å². The number of benzene rings is 1. The van der Waals surface area contributed by atoms with Gasteiger partial charge in [-0.2, -0.15) is 0 Å². The van der Waals surface area contributed by atoms with Gasteiger partial charge in [0.15, 0.2) is 5.16 Å². The Balaban J connectivity index is 1.48. The molecule has 0 bridgehead atoms. The Kier molecular flexibility index (Phi) is 9.15. The van der Waals surface area contributed by atoms with Crippen LogP contribution < -0.4 is 5.56 Å². The van der Waals surface area contributed by atoms with Crippen molar-refractivity contribution in [1.29, 1.82) is 0 Å². The Bertz CT molecular complexity index is 1060. The molecule has 8 nitrogen and oxygen atoms in total. The second-order valence-electron chi connectivity index (χ2n) is 8.50. The third kappa shape index (κ3) is 6.62. The van der Waals surface area contributed by atoms with Gasteiger partial charge in [0.2, 0.25) is 5.91 Å². The molecule has 9 heteroatoms. The molecule has 3 rings (SSSR count). The molecule has 0 atom stereocenters. The van der Waals surface area contributed by atoms with Gasteiger partial charge in [0.25, 0.3) is 5.56 Å². The molecule has 0 N–H and O–H groups in total. The Morgan fingerprint density at radius 2 is 1.71 bits per heavy atom. The third-order valence-electron chi connectivity index (χ3n) is 5.98. The minimum absolute atomic E-state index is 0.0221. The van der Waals surface area contributed by atoms with Crippen LogP contribution in [0.3, 0.4) is 0 Å². The molecular formula is C25H34N4O4S. The van der Waals surface area contributed by atoms with Gasteiger partial charge in [-0.15, -0.1) is 0 Å². The van der Waals surface area contributed by atoms with Crippen LogP contribution >= 0.6 is 11.8 Å². The molecule has 1 aliphatic heterocycles. The molecule has 184 valence electrons. The lowest BCUT2D eigenvalue weighted by Crippen LogP contribution is -2.50. The Morgan fingerprint density at radius 1 is 1.06 bits per heavy atom. The van der Waals surface area contributed by atoms with Gasteiger partial charge in [-0.3, -0.25) is 14.2 Å². The van der Waals surface area contributed by atoms with Gasteiger partial charge in [-0.25, -0.2) is 9.78 Å². The maximum absolute atomic E-state index is 13.0. The van der Waals surface area contributed by atoms with E-state index < -0.39 is 0 Å². The summed E-state index contributed by atoms with van der Waals surface area (Å²) in [6, 6.07) is 8.19. The summed E-state index contributed by atoms with van der Waals surface area (Å²) in [6.45, 7) is 8.12. The number of carbonyl (C=O) groups excluding carboxylic acids is 2. The molecule has 1 saturated heterocycles. The summed E-state index contributed by atoms with van der Waals surface area (Å²) in [5, 5.41) is 0.672. The summed E-state index contributed by atoms with van der Waals surface area (Å²) in [7, 11) is 1.75. The van der Waals surface area contributed by atoms with Crippen molar-refractivity contribution in [1.82, 2.24) is 19.4 Å². The minimum Gasteiger partial charge on any atom is -0.450 e. The van der Waals surface area contributed by atoms with Crippen LogP contribution in [-0.2, 0) is 23.0 Å². The lowest BCUT2D eigenvalue weighted by molar-refractivity contribution is -0.132. The maximum Gasteiger partial charge on any atom is 0.409 e. The summed E-state index contributed by atoms with van der Waals surface area (Å²) in [5.74, 6) is 0.793. The Morgan fingerprint density at radius 3 is 2.35 bits per heavy atom. The quantitative estimate of drug-likeness (QED) is 0.324. The second kappa shape index (κ2) is 12.1.